The summed E-state index contributed by atoms with van der Waals surface area (Å²) in [5.41, 5.74) is 0. The van der Waals surface area contributed by atoms with E-state index in [9.17, 15) is 13.2 Å². The van der Waals surface area contributed by atoms with Gasteiger partial charge in [0, 0.05) is 6.04 Å². The first-order valence-electron chi connectivity index (χ1n) is 6.34. The van der Waals surface area contributed by atoms with E-state index >= 15 is 0 Å². The lowest BCUT2D eigenvalue weighted by Gasteiger charge is -2.33. The summed E-state index contributed by atoms with van der Waals surface area (Å²) in [7, 11) is 0. The van der Waals surface area contributed by atoms with E-state index in [1.54, 1.807) is 11.8 Å². The molecule has 17 heavy (non-hydrogen) atoms. The molecule has 1 N–H and O–H groups in total. The molecule has 0 spiro atoms. The van der Waals surface area contributed by atoms with Crippen LogP contribution in [-0.4, -0.2) is 30.8 Å². The van der Waals surface area contributed by atoms with Crippen molar-refractivity contribution in [2.75, 3.05) is 18.6 Å². The third kappa shape index (κ3) is 5.51. The molecule has 2 atom stereocenters. The van der Waals surface area contributed by atoms with E-state index in [-0.39, 0.29) is 6.04 Å². The number of thioether (sulfide) groups is 1. The summed E-state index contributed by atoms with van der Waals surface area (Å²) in [6.45, 7) is 0.720. The first kappa shape index (κ1) is 15.2. The molecular weight excluding hydrogens is 247 g/mol. The molecule has 0 radical (unpaired) electrons. The minimum Gasteiger partial charge on any atom is -0.313 e. The predicted molar refractivity (Wildman–Crippen MR) is 67.4 cm³/mol. The number of unbranched alkanes of at least 4 members (excludes halogenated alkanes) is 1. The third-order valence-corrected chi connectivity index (χ3v) is 4.07. The van der Waals surface area contributed by atoms with Gasteiger partial charge in [0.15, 0.2) is 0 Å². The van der Waals surface area contributed by atoms with Gasteiger partial charge < -0.3 is 5.32 Å². The molecule has 2 unspecified atom stereocenters. The van der Waals surface area contributed by atoms with Gasteiger partial charge in [-0.1, -0.05) is 12.8 Å². The van der Waals surface area contributed by atoms with Crippen LogP contribution in [0.2, 0.25) is 0 Å². The maximum absolute atomic E-state index is 12.8. The van der Waals surface area contributed by atoms with Gasteiger partial charge in [-0.3, -0.25) is 0 Å². The second-order valence-corrected chi connectivity index (χ2v) is 5.68. The van der Waals surface area contributed by atoms with Crippen molar-refractivity contribution in [2.24, 2.45) is 5.92 Å². The van der Waals surface area contributed by atoms with Gasteiger partial charge in [0.1, 0.15) is 0 Å². The Morgan fingerprint density at radius 3 is 2.53 bits per heavy atom. The molecule has 0 aliphatic heterocycles. The number of halogens is 3. The Kier molecular flexibility index (Phi) is 6.70. The average molecular weight is 269 g/mol. The van der Waals surface area contributed by atoms with E-state index in [0.29, 0.717) is 12.8 Å². The van der Waals surface area contributed by atoms with Crippen molar-refractivity contribution >= 4 is 11.8 Å². The molecule has 0 aromatic carbocycles. The highest BCUT2D eigenvalue weighted by Gasteiger charge is 2.45. The standard InChI is InChI=1S/C12H22F3NS/c1-17-9-5-4-8-16-11-7-3-2-6-10(11)12(13,14)15/h10-11,16H,2-9H2,1H3. The topological polar surface area (TPSA) is 12.0 Å². The summed E-state index contributed by atoms with van der Waals surface area (Å²) in [6, 6.07) is -0.349. The molecule has 1 aliphatic rings. The van der Waals surface area contributed by atoms with E-state index < -0.39 is 12.1 Å². The van der Waals surface area contributed by atoms with Gasteiger partial charge >= 0.3 is 6.18 Å². The summed E-state index contributed by atoms with van der Waals surface area (Å²) in [5, 5.41) is 3.11. The van der Waals surface area contributed by atoms with E-state index in [4.69, 9.17) is 0 Å². The van der Waals surface area contributed by atoms with Crippen LogP contribution in [-0.2, 0) is 0 Å². The molecular formula is C12H22F3NS. The van der Waals surface area contributed by atoms with E-state index in [1.807, 2.05) is 6.26 Å². The van der Waals surface area contributed by atoms with Crippen molar-refractivity contribution in [1.82, 2.24) is 5.32 Å². The predicted octanol–water partition coefficient (Wildman–Crippen LogP) is 3.84. The minimum absolute atomic E-state index is 0.298. The van der Waals surface area contributed by atoms with Gasteiger partial charge in [0.25, 0.3) is 0 Å². The van der Waals surface area contributed by atoms with Crippen LogP contribution in [0.3, 0.4) is 0 Å². The van der Waals surface area contributed by atoms with Crippen molar-refractivity contribution in [1.29, 1.82) is 0 Å². The van der Waals surface area contributed by atoms with Crippen molar-refractivity contribution < 1.29 is 13.2 Å². The fourth-order valence-corrected chi connectivity index (χ4v) is 2.92. The van der Waals surface area contributed by atoms with Gasteiger partial charge in [-0.2, -0.15) is 24.9 Å². The molecule has 1 fully saturated rings. The summed E-state index contributed by atoms with van der Waals surface area (Å²) in [6.07, 6.45) is 2.69. The molecule has 1 nitrogen and oxygen atoms in total. The number of alkyl halides is 3. The van der Waals surface area contributed by atoms with Crippen LogP contribution in [0.5, 0.6) is 0 Å². The van der Waals surface area contributed by atoms with E-state index in [1.165, 1.54) is 0 Å². The molecule has 0 saturated heterocycles. The van der Waals surface area contributed by atoms with Crippen LogP contribution < -0.4 is 5.32 Å². The Morgan fingerprint density at radius 2 is 1.88 bits per heavy atom. The van der Waals surface area contributed by atoms with Gasteiger partial charge in [-0.05, 0) is 44.2 Å². The zero-order chi connectivity index (χ0) is 12.7. The molecule has 0 aromatic heterocycles. The van der Waals surface area contributed by atoms with E-state index in [0.717, 1.165) is 38.0 Å². The molecule has 1 saturated carbocycles. The molecule has 0 heterocycles. The van der Waals surface area contributed by atoms with Gasteiger partial charge in [-0.25, -0.2) is 0 Å². The highest BCUT2D eigenvalue weighted by molar-refractivity contribution is 7.98. The van der Waals surface area contributed by atoms with Crippen LogP contribution in [0.4, 0.5) is 13.2 Å². The van der Waals surface area contributed by atoms with Crippen molar-refractivity contribution in [3.8, 4) is 0 Å². The normalized spacial score (nSPS) is 26.1. The zero-order valence-electron chi connectivity index (χ0n) is 10.4. The second-order valence-electron chi connectivity index (χ2n) is 4.69. The largest absolute Gasteiger partial charge is 0.393 e. The van der Waals surface area contributed by atoms with Crippen LogP contribution in [0.15, 0.2) is 0 Å². The Morgan fingerprint density at radius 1 is 1.18 bits per heavy atom. The Bertz CT molecular complexity index is 208. The third-order valence-electron chi connectivity index (χ3n) is 3.37. The van der Waals surface area contributed by atoms with Crippen molar-refractivity contribution in [3.05, 3.63) is 0 Å². The highest BCUT2D eigenvalue weighted by Crippen LogP contribution is 2.37. The van der Waals surface area contributed by atoms with Crippen molar-refractivity contribution in [2.45, 2.75) is 50.7 Å². The molecule has 0 amide bonds. The summed E-state index contributed by atoms with van der Waals surface area (Å²) in [5.74, 6) is -0.0357. The zero-order valence-corrected chi connectivity index (χ0v) is 11.2. The number of hydrogen-bond acceptors (Lipinski definition) is 2. The SMILES string of the molecule is CSCCCCNC1CCCCC1C(F)(F)F. The Hall–Kier alpha value is 0.100. The molecule has 0 bridgehead atoms. The number of nitrogens with one attached hydrogen (secondary N) is 1. The molecule has 5 heteroatoms. The first-order valence-corrected chi connectivity index (χ1v) is 7.74. The first-order chi connectivity index (χ1) is 8.05. The number of rotatable bonds is 6. The molecule has 1 rings (SSSR count). The van der Waals surface area contributed by atoms with Crippen LogP contribution in [0.1, 0.15) is 38.5 Å². The Balaban J connectivity index is 2.28. The van der Waals surface area contributed by atoms with Crippen molar-refractivity contribution in [3.63, 3.8) is 0 Å². The monoisotopic (exact) mass is 269 g/mol. The average Bonchev–Trinajstić information content (AvgIpc) is 2.28. The van der Waals surface area contributed by atoms with Crippen LogP contribution in [0.25, 0.3) is 0 Å². The van der Waals surface area contributed by atoms with Gasteiger partial charge in [0.05, 0.1) is 5.92 Å². The lowest BCUT2D eigenvalue weighted by molar-refractivity contribution is -0.188. The van der Waals surface area contributed by atoms with Gasteiger partial charge in [-0.15, -0.1) is 0 Å². The lowest BCUT2D eigenvalue weighted by Crippen LogP contribution is -2.45. The minimum atomic E-state index is -4.03. The lowest BCUT2D eigenvalue weighted by atomic mass is 9.84. The highest BCUT2D eigenvalue weighted by atomic mass is 32.2. The molecule has 0 aromatic rings. The number of hydrogen-bond donors (Lipinski definition) is 1. The summed E-state index contributed by atoms with van der Waals surface area (Å²) >= 11 is 1.78. The molecule has 1 aliphatic carbocycles. The fraction of sp³-hybridized carbons (Fsp3) is 1.00. The smallest absolute Gasteiger partial charge is 0.313 e. The maximum atomic E-state index is 12.8. The summed E-state index contributed by atoms with van der Waals surface area (Å²) < 4.78 is 38.3. The van der Waals surface area contributed by atoms with Crippen LogP contribution >= 0.6 is 11.8 Å². The van der Waals surface area contributed by atoms with Gasteiger partial charge in [0.2, 0.25) is 0 Å². The fourth-order valence-electron chi connectivity index (χ4n) is 2.43. The second kappa shape index (κ2) is 7.52. The summed E-state index contributed by atoms with van der Waals surface area (Å²) in [4.78, 5) is 0. The maximum Gasteiger partial charge on any atom is 0.393 e. The Labute approximate surface area is 106 Å². The van der Waals surface area contributed by atoms with E-state index in [2.05, 4.69) is 5.32 Å². The quantitative estimate of drug-likeness (QED) is 0.735. The van der Waals surface area contributed by atoms with Crippen LogP contribution in [0, 0.1) is 5.92 Å². The molecule has 102 valence electrons.